The number of aromatic nitrogens is 2. The van der Waals surface area contributed by atoms with Crippen LogP contribution in [0.2, 0.25) is 0 Å². The standard InChI is InChI=1S/C16H22N4/c1-3-9-17-15-11-16(20-12-19-15)18-10-8-14-7-5-4-6-13(14)2/h4-7,11-12H,3,8-10H2,1-2H3,(H2,17,18,19,20). The summed E-state index contributed by atoms with van der Waals surface area (Å²) in [5.41, 5.74) is 2.71. The molecular weight excluding hydrogens is 248 g/mol. The second kappa shape index (κ2) is 7.48. The maximum Gasteiger partial charge on any atom is 0.131 e. The van der Waals surface area contributed by atoms with Crippen molar-refractivity contribution in [2.75, 3.05) is 23.7 Å². The van der Waals surface area contributed by atoms with E-state index in [1.54, 1.807) is 6.33 Å². The van der Waals surface area contributed by atoms with Gasteiger partial charge in [0.2, 0.25) is 0 Å². The van der Waals surface area contributed by atoms with Crippen LogP contribution in [0.1, 0.15) is 24.5 Å². The number of aryl methyl sites for hydroxylation is 1. The van der Waals surface area contributed by atoms with Crippen molar-refractivity contribution >= 4 is 11.6 Å². The first-order valence-electron chi connectivity index (χ1n) is 7.14. The molecule has 0 amide bonds. The highest BCUT2D eigenvalue weighted by atomic mass is 15.1. The van der Waals surface area contributed by atoms with Crippen molar-refractivity contribution in [3.05, 3.63) is 47.8 Å². The Balaban J connectivity index is 1.86. The zero-order valence-corrected chi connectivity index (χ0v) is 12.2. The molecule has 0 fully saturated rings. The number of benzene rings is 1. The van der Waals surface area contributed by atoms with Gasteiger partial charge in [-0.3, -0.25) is 0 Å². The van der Waals surface area contributed by atoms with E-state index in [4.69, 9.17) is 0 Å². The van der Waals surface area contributed by atoms with Crippen molar-refractivity contribution in [2.24, 2.45) is 0 Å². The van der Waals surface area contributed by atoms with Crippen LogP contribution in [-0.4, -0.2) is 23.1 Å². The van der Waals surface area contributed by atoms with Gasteiger partial charge in [0.15, 0.2) is 0 Å². The molecule has 1 heterocycles. The number of nitrogens with one attached hydrogen (secondary N) is 2. The van der Waals surface area contributed by atoms with E-state index in [1.165, 1.54) is 11.1 Å². The monoisotopic (exact) mass is 270 g/mol. The van der Waals surface area contributed by atoms with Crippen molar-refractivity contribution in [1.82, 2.24) is 9.97 Å². The van der Waals surface area contributed by atoms with Gasteiger partial charge in [0.25, 0.3) is 0 Å². The molecule has 0 saturated heterocycles. The highest BCUT2D eigenvalue weighted by Crippen LogP contribution is 2.10. The lowest BCUT2D eigenvalue weighted by Crippen LogP contribution is -2.08. The van der Waals surface area contributed by atoms with Gasteiger partial charge in [0, 0.05) is 19.2 Å². The van der Waals surface area contributed by atoms with Crippen molar-refractivity contribution in [2.45, 2.75) is 26.7 Å². The second-order valence-corrected chi connectivity index (χ2v) is 4.82. The van der Waals surface area contributed by atoms with Crippen molar-refractivity contribution < 1.29 is 0 Å². The summed E-state index contributed by atoms with van der Waals surface area (Å²) in [6.07, 6.45) is 3.67. The number of rotatable bonds is 7. The lowest BCUT2D eigenvalue weighted by Gasteiger charge is -2.09. The van der Waals surface area contributed by atoms with E-state index in [1.807, 2.05) is 6.07 Å². The highest BCUT2D eigenvalue weighted by molar-refractivity contribution is 5.46. The predicted molar refractivity (Wildman–Crippen MR) is 84.2 cm³/mol. The molecule has 0 spiro atoms. The molecule has 0 aliphatic carbocycles. The van der Waals surface area contributed by atoms with E-state index in [0.29, 0.717) is 0 Å². The highest BCUT2D eigenvalue weighted by Gasteiger charge is 1.99. The lowest BCUT2D eigenvalue weighted by molar-refractivity contribution is 0.958. The summed E-state index contributed by atoms with van der Waals surface area (Å²) >= 11 is 0. The third-order valence-electron chi connectivity index (χ3n) is 3.18. The zero-order valence-electron chi connectivity index (χ0n) is 12.2. The van der Waals surface area contributed by atoms with E-state index in [9.17, 15) is 0 Å². The Morgan fingerprint density at radius 1 is 1.00 bits per heavy atom. The molecule has 4 nitrogen and oxygen atoms in total. The molecule has 0 bridgehead atoms. The fourth-order valence-electron chi connectivity index (χ4n) is 2.02. The average molecular weight is 270 g/mol. The Labute approximate surface area is 120 Å². The molecule has 2 aromatic rings. The van der Waals surface area contributed by atoms with Crippen LogP contribution in [0.3, 0.4) is 0 Å². The number of hydrogen-bond acceptors (Lipinski definition) is 4. The summed E-state index contributed by atoms with van der Waals surface area (Å²) in [4.78, 5) is 8.43. The maximum absolute atomic E-state index is 4.24. The molecule has 0 saturated carbocycles. The Hall–Kier alpha value is -2.10. The quantitative estimate of drug-likeness (QED) is 0.811. The van der Waals surface area contributed by atoms with E-state index >= 15 is 0 Å². The number of hydrogen-bond donors (Lipinski definition) is 2. The predicted octanol–water partition coefficient (Wildman–Crippen LogP) is 3.26. The van der Waals surface area contributed by atoms with Gasteiger partial charge < -0.3 is 10.6 Å². The molecule has 20 heavy (non-hydrogen) atoms. The van der Waals surface area contributed by atoms with Crippen LogP contribution >= 0.6 is 0 Å². The molecule has 1 aromatic carbocycles. The molecule has 1 aromatic heterocycles. The first kappa shape index (κ1) is 14.3. The number of anilines is 2. The maximum atomic E-state index is 4.24. The fourth-order valence-corrected chi connectivity index (χ4v) is 2.02. The Morgan fingerprint density at radius 2 is 1.70 bits per heavy atom. The van der Waals surface area contributed by atoms with E-state index in [0.717, 1.165) is 37.6 Å². The third-order valence-corrected chi connectivity index (χ3v) is 3.18. The van der Waals surface area contributed by atoms with Crippen LogP contribution in [0, 0.1) is 6.92 Å². The Kier molecular flexibility index (Phi) is 5.35. The summed E-state index contributed by atoms with van der Waals surface area (Å²) in [5, 5.41) is 6.61. The van der Waals surface area contributed by atoms with Crippen LogP contribution in [-0.2, 0) is 6.42 Å². The molecule has 2 rings (SSSR count). The third kappa shape index (κ3) is 4.23. The van der Waals surface area contributed by atoms with Crippen LogP contribution in [0.25, 0.3) is 0 Å². The first-order valence-corrected chi connectivity index (χ1v) is 7.14. The average Bonchev–Trinajstić information content (AvgIpc) is 2.48. The number of nitrogens with zero attached hydrogens (tertiary/aromatic N) is 2. The molecule has 0 aliphatic rings. The van der Waals surface area contributed by atoms with Crippen molar-refractivity contribution in [3.8, 4) is 0 Å². The van der Waals surface area contributed by atoms with Gasteiger partial charge in [-0.2, -0.15) is 0 Å². The molecule has 106 valence electrons. The summed E-state index contributed by atoms with van der Waals surface area (Å²) in [6.45, 7) is 6.08. The van der Waals surface area contributed by atoms with Gasteiger partial charge in [-0.25, -0.2) is 9.97 Å². The molecule has 4 heteroatoms. The fraction of sp³-hybridized carbons (Fsp3) is 0.375. The molecule has 0 atom stereocenters. The molecule has 0 unspecified atom stereocenters. The Bertz CT molecular complexity index is 540. The van der Waals surface area contributed by atoms with E-state index in [2.05, 4.69) is 58.7 Å². The summed E-state index contributed by atoms with van der Waals surface area (Å²) in [5.74, 6) is 1.74. The van der Waals surface area contributed by atoms with E-state index in [-0.39, 0.29) is 0 Å². The van der Waals surface area contributed by atoms with Gasteiger partial charge in [0.05, 0.1) is 0 Å². The molecule has 0 aliphatic heterocycles. The zero-order chi connectivity index (χ0) is 14.2. The minimum absolute atomic E-state index is 0.868. The second-order valence-electron chi connectivity index (χ2n) is 4.82. The minimum Gasteiger partial charge on any atom is -0.370 e. The molecule has 0 radical (unpaired) electrons. The molecule has 2 N–H and O–H groups in total. The van der Waals surface area contributed by atoms with Gasteiger partial charge in [-0.15, -0.1) is 0 Å². The SMILES string of the molecule is CCCNc1cc(NCCc2ccccc2C)ncn1. The van der Waals surface area contributed by atoms with E-state index < -0.39 is 0 Å². The topological polar surface area (TPSA) is 49.8 Å². The largest absolute Gasteiger partial charge is 0.370 e. The van der Waals surface area contributed by atoms with Crippen LogP contribution in [0.4, 0.5) is 11.6 Å². The first-order chi connectivity index (χ1) is 9.79. The van der Waals surface area contributed by atoms with Gasteiger partial charge >= 0.3 is 0 Å². The summed E-state index contributed by atoms with van der Waals surface area (Å²) in [6, 6.07) is 10.4. The van der Waals surface area contributed by atoms with Crippen LogP contribution in [0.5, 0.6) is 0 Å². The summed E-state index contributed by atoms with van der Waals surface area (Å²) in [7, 11) is 0. The van der Waals surface area contributed by atoms with Gasteiger partial charge in [0.1, 0.15) is 18.0 Å². The van der Waals surface area contributed by atoms with Crippen molar-refractivity contribution in [3.63, 3.8) is 0 Å². The van der Waals surface area contributed by atoms with Gasteiger partial charge in [-0.1, -0.05) is 31.2 Å². The van der Waals surface area contributed by atoms with Gasteiger partial charge in [-0.05, 0) is 30.9 Å². The smallest absolute Gasteiger partial charge is 0.131 e. The van der Waals surface area contributed by atoms with Crippen molar-refractivity contribution in [1.29, 1.82) is 0 Å². The normalized spacial score (nSPS) is 10.3. The molecular formula is C16H22N4. The lowest BCUT2D eigenvalue weighted by atomic mass is 10.1. The van der Waals surface area contributed by atoms with Crippen LogP contribution < -0.4 is 10.6 Å². The Morgan fingerprint density at radius 3 is 2.40 bits per heavy atom. The van der Waals surface area contributed by atoms with Crippen LogP contribution in [0.15, 0.2) is 36.7 Å². The minimum atomic E-state index is 0.868. The summed E-state index contributed by atoms with van der Waals surface area (Å²) < 4.78 is 0.